The molecule has 0 unspecified atom stereocenters. The Morgan fingerprint density at radius 3 is 2.84 bits per heavy atom. The summed E-state index contributed by atoms with van der Waals surface area (Å²) in [5.41, 5.74) is 2.81. The lowest BCUT2D eigenvalue weighted by Gasteiger charge is -2.24. The van der Waals surface area contributed by atoms with Crippen LogP contribution in [0.25, 0.3) is 0 Å². The van der Waals surface area contributed by atoms with Crippen LogP contribution in [0.2, 0.25) is 0 Å². The van der Waals surface area contributed by atoms with Gasteiger partial charge in [0.1, 0.15) is 5.25 Å². The second-order valence-electron chi connectivity index (χ2n) is 5.74. The molecule has 0 spiro atoms. The Morgan fingerprint density at radius 2 is 2.04 bits per heavy atom. The highest BCUT2D eigenvalue weighted by molar-refractivity contribution is 8.00. The topological polar surface area (TPSA) is 87.0 Å². The molecule has 1 aliphatic heterocycles. The Labute approximate surface area is 151 Å². The van der Waals surface area contributed by atoms with Crippen molar-refractivity contribution in [3.8, 4) is 6.07 Å². The van der Waals surface area contributed by atoms with Crippen LogP contribution in [-0.2, 0) is 27.0 Å². The smallest absolute Gasteiger partial charge is 0.251 e. The first-order valence-electron chi connectivity index (χ1n) is 7.71. The minimum Gasteiger partial charge on any atom is -0.272 e. The molecule has 7 heteroatoms. The van der Waals surface area contributed by atoms with Crippen molar-refractivity contribution in [3.05, 3.63) is 70.8 Å². The maximum Gasteiger partial charge on any atom is 0.251 e. The van der Waals surface area contributed by atoms with E-state index in [0.717, 1.165) is 23.3 Å². The van der Waals surface area contributed by atoms with Gasteiger partial charge in [0.05, 0.1) is 17.4 Å². The zero-order valence-corrected chi connectivity index (χ0v) is 14.9. The van der Waals surface area contributed by atoms with Gasteiger partial charge >= 0.3 is 0 Å². The van der Waals surface area contributed by atoms with Crippen LogP contribution in [0.3, 0.4) is 0 Å². The van der Waals surface area contributed by atoms with E-state index in [0.29, 0.717) is 11.1 Å². The summed E-state index contributed by atoms with van der Waals surface area (Å²) in [4.78, 5) is 12.5. The van der Waals surface area contributed by atoms with E-state index in [2.05, 4.69) is 4.72 Å². The van der Waals surface area contributed by atoms with Gasteiger partial charge in [-0.05, 0) is 41.0 Å². The fourth-order valence-corrected chi connectivity index (χ4v) is 5.19. The predicted molar refractivity (Wildman–Crippen MR) is 97.3 cm³/mol. The highest BCUT2D eigenvalue weighted by Crippen LogP contribution is 2.36. The molecule has 1 N–H and O–H groups in total. The third-order valence-electron chi connectivity index (χ3n) is 3.90. The highest BCUT2D eigenvalue weighted by Gasteiger charge is 2.29. The van der Waals surface area contributed by atoms with E-state index in [-0.39, 0.29) is 5.75 Å². The Morgan fingerprint density at radius 1 is 1.24 bits per heavy atom. The Kier molecular flexibility index (Phi) is 5.11. The van der Waals surface area contributed by atoms with Crippen LogP contribution in [0.5, 0.6) is 0 Å². The van der Waals surface area contributed by atoms with Gasteiger partial charge in [-0.1, -0.05) is 36.4 Å². The molecule has 1 aliphatic rings. The van der Waals surface area contributed by atoms with Crippen molar-refractivity contribution in [1.82, 2.24) is 4.72 Å². The molecule has 0 saturated carbocycles. The molecule has 0 radical (unpaired) electrons. The molecule has 0 saturated heterocycles. The molecule has 1 atom stereocenters. The van der Waals surface area contributed by atoms with E-state index in [9.17, 15) is 13.2 Å². The van der Waals surface area contributed by atoms with Gasteiger partial charge < -0.3 is 0 Å². The molecule has 0 bridgehead atoms. The van der Waals surface area contributed by atoms with E-state index in [1.165, 1.54) is 17.8 Å². The van der Waals surface area contributed by atoms with Crippen LogP contribution in [-0.4, -0.2) is 20.1 Å². The second kappa shape index (κ2) is 7.30. The number of hydrogen-bond donors (Lipinski definition) is 1. The normalized spacial score (nSPS) is 16.5. The molecule has 2 aromatic rings. The van der Waals surface area contributed by atoms with Crippen molar-refractivity contribution < 1.29 is 13.2 Å². The quantitative estimate of drug-likeness (QED) is 0.891. The number of nitrogens with zero attached hydrogens (tertiary/aromatic N) is 1. The minimum absolute atomic E-state index is 0.340. The zero-order valence-electron chi connectivity index (χ0n) is 13.3. The molecule has 25 heavy (non-hydrogen) atoms. The first kappa shape index (κ1) is 17.5. The number of hydrogen-bond acceptors (Lipinski definition) is 5. The maximum absolute atomic E-state index is 12.5. The van der Waals surface area contributed by atoms with Crippen LogP contribution in [0.4, 0.5) is 0 Å². The van der Waals surface area contributed by atoms with Crippen molar-refractivity contribution in [2.45, 2.75) is 17.4 Å². The molecule has 0 aliphatic carbocycles. The van der Waals surface area contributed by atoms with Crippen molar-refractivity contribution in [2.75, 3.05) is 5.75 Å². The Bertz CT molecular complexity index is 949. The van der Waals surface area contributed by atoms with Gasteiger partial charge in [0.25, 0.3) is 5.91 Å². The SMILES string of the molecule is N#Cc1cccc(CS(=O)(=O)NC(=O)[C@H]2SCCc3ccccc32)c1. The molecular weight excluding hydrogens is 356 g/mol. The molecule has 0 aromatic heterocycles. The predicted octanol–water partition coefficient (Wildman–Crippen LogP) is 2.53. The Hall–Kier alpha value is -2.30. The van der Waals surface area contributed by atoms with Crippen molar-refractivity contribution in [3.63, 3.8) is 0 Å². The largest absolute Gasteiger partial charge is 0.272 e. The summed E-state index contributed by atoms with van der Waals surface area (Å²) in [5, 5.41) is 8.37. The molecule has 3 rings (SSSR count). The van der Waals surface area contributed by atoms with Gasteiger partial charge in [0.15, 0.2) is 0 Å². The number of fused-ring (bicyclic) bond motifs is 1. The van der Waals surface area contributed by atoms with Crippen molar-refractivity contribution in [2.24, 2.45) is 0 Å². The summed E-state index contributed by atoms with van der Waals surface area (Å²) in [6.07, 6.45) is 0.873. The summed E-state index contributed by atoms with van der Waals surface area (Å²) in [5.74, 6) is -0.0827. The fourth-order valence-electron chi connectivity index (χ4n) is 2.80. The average molecular weight is 372 g/mol. The summed E-state index contributed by atoms with van der Waals surface area (Å²) in [7, 11) is -3.83. The second-order valence-corrected chi connectivity index (χ2v) is 8.67. The number of rotatable bonds is 4. The standard InChI is InChI=1S/C18H16N2O3S2/c19-11-13-4-3-5-14(10-13)12-25(22,23)20-18(21)17-16-7-2-1-6-15(16)8-9-24-17/h1-7,10,17H,8-9,12H2,(H,20,21)/t17-/m0/s1. The lowest BCUT2D eigenvalue weighted by molar-refractivity contribution is -0.118. The molecule has 1 amide bonds. The molecule has 2 aromatic carbocycles. The number of nitriles is 1. The van der Waals surface area contributed by atoms with E-state index < -0.39 is 21.2 Å². The molecular formula is C18H16N2O3S2. The van der Waals surface area contributed by atoms with Gasteiger partial charge in [-0.25, -0.2) is 8.42 Å². The van der Waals surface area contributed by atoms with Gasteiger partial charge in [0, 0.05) is 0 Å². The van der Waals surface area contributed by atoms with Gasteiger partial charge in [-0.2, -0.15) is 5.26 Å². The molecule has 5 nitrogen and oxygen atoms in total. The number of aryl methyl sites for hydroxylation is 1. The van der Waals surface area contributed by atoms with Gasteiger partial charge in [-0.3, -0.25) is 9.52 Å². The number of thioether (sulfide) groups is 1. The van der Waals surface area contributed by atoms with Crippen LogP contribution >= 0.6 is 11.8 Å². The summed E-state index contributed by atoms with van der Waals surface area (Å²) < 4.78 is 26.9. The lowest BCUT2D eigenvalue weighted by Crippen LogP contribution is -2.35. The summed E-state index contributed by atoms with van der Waals surface area (Å²) in [6, 6.07) is 15.9. The van der Waals surface area contributed by atoms with Gasteiger partial charge in [0.2, 0.25) is 10.0 Å². The van der Waals surface area contributed by atoms with E-state index in [1.54, 1.807) is 18.2 Å². The summed E-state index contributed by atoms with van der Waals surface area (Å²) in [6.45, 7) is 0. The third-order valence-corrected chi connectivity index (χ3v) is 6.37. The zero-order chi connectivity index (χ0) is 17.9. The van der Waals surface area contributed by atoms with E-state index in [1.807, 2.05) is 30.3 Å². The number of sulfonamides is 1. The first-order valence-corrected chi connectivity index (χ1v) is 10.4. The fraction of sp³-hybridized carbons (Fsp3) is 0.222. The number of nitrogens with one attached hydrogen (secondary N) is 1. The number of carbonyl (C=O) groups excluding carboxylic acids is 1. The van der Waals surface area contributed by atoms with Gasteiger partial charge in [-0.15, -0.1) is 11.8 Å². The van der Waals surface area contributed by atoms with Crippen LogP contribution < -0.4 is 4.72 Å². The number of amides is 1. The molecule has 128 valence electrons. The third kappa shape index (κ3) is 4.21. The maximum atomic E-state index is 12.5. The molecule has 0 fully saturated rings. The van der Waals surface area contributed by atoms with E-state index >= 15 is 0 Å². The van der Waals surface area contributed by atoms with E-state index in [4.69, 9.17) is 5.26 Å². The van der Waals surface area contributed by atoms with Crippen molar-refractivity contribution >= 4 is 27.7 Å². The lowest BCUT2D eigenvalue weighted by atomic mass is 10.0. The molecule has 1 heterocycles. The monoisotopic (exact) mass is 372 g/mol. The summed E-state index contributed by atoms with van der Waals surface area (Å²) >= 11 is 1.45. The highest BCUT2D eigenvalue weighted by atomic mass is 32.2. The van der Waals surface area contributed by atoms with Crippen LogP contribution in [0, 0.1) is 11.3 Å². The Balaban J connectivity index is 1.75. The average Bonchev–Trinajstić information content (AvgIpc) is 2.60. The van der Waals surface area contributed by atoms with Crippen molar-refractivity contribution in [1.29, 1.82) is 5.26 Å². The van der Waals surface area contributed by atoms with Crippen LogP contribution in [0.15, 0.2) is 48.5 Å². The minimum atomic E-state index is -3.83. The van der Waals surface area contributed by atoms with Crippen LogP contribution in [0.1, 0.15) is 27.5 Å². The first-order chi connectivity index (χ1) is 12.0. The number of carbonyl (C=O) groups is 1. The number of benzene rings is 2.